The van der Waals surface area contributed by atoms with Crippen LogP contribution in [0, 0.1) is 6.92 Å². The summed E-state index contributed by atoms with van der Waals surface area (Å²) in [4.78, 5) is 16.0. The lowest BCUT2D eigenvalue weighted by atomic mass is 10.1. The zero-order valence-corrected chi connectivity index (χ0v) is 13.4. The highest BCUT2D eigenvalue weighted by molar-refractivity contribution is 5.38. The third-order valence-corrected chi connectivity index (χ3v) is 4.67. The molecular formula is C16H22N6O. The second-order valence-electron chi connectivity index (χ2n) is 6.29. The molecule has 2 aliphatic heterocycles. The number of likely N-dealkylation sites (tertiary alicyclic amines) is 1. The number of aromatic nitrogens is 3. The van der Waals surface area contributed by atoms with Crippen molar-refractivity contribution in [2.45, 2.75) is 19.5 Å². The Morgan fingerprint density at radius 3 is 2.65 bits per heavy atom. The first-order valence-corrected chi connectivity index (χ1v) is 8.19. The van der Waals surface area contributed by atoms with Gasteiger partial charge >= 0.3 is 0 Å². The minimum absolute atomic E-state index is 0.657. The van der Waals surface area contributed by atoms with E-state index in [-0.39, 0.29) is 0 Å². The Hall–Kier alpha value is -1.99. The molecule has 2 saturated heterocycles. The third kappa shape index (κ3) is 3.20. The lowest BCUT2D eigenvalue weighted by Crippen LogP contribution is -2.62. The second kappa shape index (κ2) is 6.25. The quantitative estimate of drug-likeness (QED) is 0.826. The first kappa shape index (κ1) is 14.6. The van der Waals surface area contributed by atoms with Crippen LogP contribution in [0.3, 0.4) is 0 Å². The van der Waals surface area contributed by atoms with Crippen LogP contribution in [0.5, 0.6) is 0 Å². The monoisotopic (exact) mass is 314 g/mol. The van der Waals surface area contributed by atoms with Crippen molar-refractivity contribution in [1.29, 1.82) is 0 Å². The topological polar surface area (TPSA) is 61.5 Å². The molecule has 7 nitrogen and oxygen atoms in total. The fraction of sp³-hybridized carbons (Fsp3) is 0.562. The average Bonchev–Trinajstić information content (AvgIpc) is 2.97. The molecule has 4 rings (SSSR count). The van der Waals surface area contributed by atoms with Crippen molar-refractivity contribution in [1.82, 2.24) is 24.9 Å². The zero-order chi connectivity index (χ0) is 15.6. The maximum atomic E-state index is 5.18. The summed E-state index contributed by atoms with van der Waals surface area (Å²) < 4.78 is 5.18. The van der Waals surface area contributed by atoms with Crippen LogP contribution in [-0.2, 0) is 6.54 Å². The van der Waals surface area contributed by atoms with Crippen molar-refractivity contribution in [2.24, 2.45) is 0 Å². The van der Waals surface area contributed by atoms with Gasteiger partial charge in [-0.1, -0.05) is 11.2 Å². The standard InChI is InChI=1S/C16H22N6O/c1-13-18-16(23-19-13)12-20-10-14(11-20)21-6-8-22(9-7-21)15-4-2-3-5-17-15/h2-5,14H,6-12H2,1H3. The molecule has 0 spiro atoms. The first-order valence-electron chi connectivity index (χ1n) is 8.19. The number of aryl methyl sites for hydroxylation is 1. The number of nitrogens with zero attached hydrogens (tertiary/aromatic N) is 6. The molecule has 23 heavy (non-hydrogen) atoms. The first-order chi connectivity index (χ1) is 11.3. The molecule has 2 aromatic rings. The number of rotatable bonds is 4. The fourth-order valence-electron chi connectivity index (χ4n) is 3.36. The van der Waals surface area contributed by atoms with Crippen LogP contribution in [-0.4, -0.2) is 70.2 Å². The minimum Gasteiger partial charge on any atom is -0.354 e. The van der Waals surface area contributed by atoms with E-state index < -0.39 is 0 Å². The smallest absolute Gasteiger partial charge is 0.240 e. The number of hydrogen-bond acceptors (Lipinski definition) is 7. The molecule has 0 aliphatic carbocycles. The number of anilines is 1. The lowest BCUT2D eigenvalue weighted by Gasteiger charge is -2.48. The molecule has 7 heteroatoms. The Labute approximate surface area is 135 Å². The highest BCUT2D eigenvalue weighted by atomic mass is 16.5. The molecule has 0 radical (unpaired) electrons. The third-order valence-electron chi connectivity index (χ3n) is 4.67. The number of pyridine rings is 1. The predicted molar refractivity (Wildman–Crippen MR) is 86.1 cm³/mol. The molecular weight excluding hydrogens is 292 g/mol. The van der Waals surface area contributed by atoms with Crippen molar-refractivity contribution < 1.29 is 4.52 Å². The van der Waals surface area contributed by atoms with E-state index in [0.29, 0.717) is 11.9 Å². The van der Waals surface area contributed by atoms with Gasteiger partial charge in [0.2, 0.25) is 5.89 Å². The molecule has 0 N–H and O–H groups in total. The number of piperazine rings is 1. The van der Waals surface area contributed by atoms with E-state index >= 15 is 0 Å². The summed E-state index contributed by atoms with van der Waals surface area (Å²) in [6, 6.07) is 6.77. The van der Waals surface area contributed by atoms with Crippen LogP contribution in [0.2, 0.25) is 0 Å². The van der Waals surface area contributed by atoms with E-state index in [1.165, 1.54) is 0 Å². The highest BCUT2D eigenvalue weighted by Gasteiger charge is 2.34. The van der Waals surface area contributed by atoms with Crippen molar-refractivity contribution in [3.63, 3.8) is 0 Å². The summed E-state index contributed by atoms with van der Waals surface area (Å²) in [5, 5.41) is 3.84. The molecule has 2 aliphatic rings. The Balaban J connectivity index is 1.23. The number of hydrogen-bond donors (Lipinski definition) is 0. The van der Waals surface area contributed by atoms with E-state index in [1.54, 1.807) is 0 Å². The van der Waals surface area contributed by atoms with Crippen molar-refractivity contribution in [3.05, 3.63) is 36.1 Å². The molecule has 2 fully saturated rings. The Morgan fingerprint density at radius 2 is 2.00 bits per heavy atom. The average molecular weight is 314 g/mol. The molecule has 0 saturated carbocycles. The predicted octanol–water partition coefficient (Wildman–Crippen LogP) is 0.779. The van der Waals surface area contributed by atoms with Crippen LogP contribution < -0.4 is 4.90 Å². The van der Waals surface area contributed by atoms with Crippen molar-refractivity contribution in [2.75, 3.05) is 44.2 Å². The Kier molecular flexibility index (Phi) is 3.97. The summed E-state index contributed by atoms with van der Waals surface area (Å²) in [7, 11) is 0. The lowest BCUT2D eigenvalue weighted by molar-refractivity contribution is 0.0196. The summed E-state index contributed by atoms with van der Waals surface area (Å²) >= 11 is 0. The van der Waals surface area contributed by atoms with Gasteiger partial charge in [0.05, 0.1) is 6.54 Å². The van der Waals surface area contributed by atoms with Gasteiger partial charge < -0.3 is 9.42 Å². The Bertz CT molecular complexity index is 631. The van der Waals surface area contributed by atoms with Gasteiger partial charge in [0.15, 0.2) is 5.82 Å². The van der Waals surface area contributed by atoms with Crippen molar-refractivity contribution >= 4 is 5.82 Å². The van der Waals surface area contributed by atoms with Gasteiger partial charge in [-0.05, 0) is 19.1 Å². The fourth-order valence-corrected chi connectivity index (χ4v) is 3.36. The maximum Gasteiger partial charge on any atom is 0.240 e. The van der Waals surface area contributed by atoms with Crippen LogP contribution in [0.4, 0.5) is 5.82 Å². The highest BCUT2D eigenvalue weighted by Crippen LogP contribution is 2.20. The van der Waals surface area contributed by atoms with E-state index in [2.05, 4.69) is 42.0 Å². The van der Waals surface area contributed by atoms with E-state index in [9.17, 15) is 0 Å². The largest absolute Gasteiger partial charge is 0.354 e. The summed E-state index contributed by atoms with van der Waals surface area (Å²) in [5.41, 5.74) is 0. The molecule has 0 bridgehead atoms. The van der Waals surface area contributed by atoms with E-state index in [0.717, 1.165) is 57.5 Å². The molecule has 4 heterocycles. The van der Waals surface area contributed by atoms with E-state index in [1.807, 2.05) is 19.2 Å². The second-order valence-corrected chi connectivity index (χ2v) is 6.29. The molecule has 0 aromatic carbocycles. The van der Waals surface area contributed by atoms with Gasteiger partial charge in [-0.3, -0.25) is 9.80 Å². The van der Waals surface area contributed by atoms with Crippen LogP contribution in [0.1, 0.15) is 11.7 Å². The van der Waals surface area contributed by atoms with Crippen molar-refractivity contribution in [3.8, 4) is 0 Å². The zero-order valence-electron chi connectivity index (χ0n) is 13.4. The van der Waals surface area contributed by atoms with Gasteiger partial charge in [-0.25, -0.2) is 4.98 Å². The molecule has 0 amide bonds. The van der Waals surface area contributed by atoms with Gasteiger partial charge in [0.25, 0.3) is 0 Å². The normalized spacial score (nSPS) is 20.7. The van der Waals surface area contributed by atoms with Gasteiger partial charge in [0, 0.05) is 51.5 Å². The van der Waals surface area contributed by atoms with Crippen LogP contribution >= 0.6 is 0 Å². The molecule has 122 valence electrons. The molecule has 0 unspecified atom stereocenters. The van der Waals surface area contributed by atoms with Crippen LogP contribution in [0.25, 0.3) is 0 Å². The van der Waals surface area contributed by atoms with E-state index in [4.69, 9.17) is 4.52 Å². The summed E-state index contributed by atoms with van der Waals surface area (Å²) in [5.74, 6) is 2.53. The minimum atomic E-state index is 0.657. The van der Waals surface area contributed by atoms with Gasteiger partial charge in [-0.15, -0.1) is 0 Å². The molecule has 0 atom stereocenters. The molecule has 2 aromatic heterocycles. The Morgan fingerprint density at radius 1 is 1.17 bits per heavy atom. The maximum absolute atomic E-state index is 5.18. The SMILES string of the molecule is Cc1noc(CN2CC(N3CCN(c4ccccn4)CC3)C2)n1. The van der Waals surface area contributed by atoms with Gasteiger partial charge in [-0.2, -0.15) is 4.98 Å². The van der Waals surface area contributed by atoms with Gasteiger partial charge in [0.1, 0.15) is 5.82 Å². The summed E-state index contributed by atoms with van der Waals surface area (Å²) in [6.07, 6.45) is 1.87. The van der Waals surface area contributed by atoms with Crippen LogP contribution in [0.15, 0.2) is 28.9 Å². The summed E-state index contributed by atoms with van der Waals surface area (Å²) in [6.45, 7) is 9.12.